The molecule has 0 bridgehead atoms. The van der Waals surface area contributed by atoms with Crippen LogP contribution in [0.3, 0.4) is 0 Å². The van der Waals surface area contributed by atoms with Crippen molar-refractivity contribution < 1.29 is 4.74 Å². The Morgan fingerprint density at radius 3 is 2.50 bits per heavy atom. The number of ether oxygens (including phenoxy) is 1. The quantitative estimate of drug-likeness (QED) is 0.410. The molecule has 0 radical (unpaired) electrons. The normalized spacial score (nSPS) is 12.5. The van der Waals surface area contributed by atoms with Crippen LogP contribution in [0.15, 0.2) is 17.0 Å². The fourth-order valence-corrected chi connectivity index (χ4v) is 0.291. The Hall–Kier alpha value is -0.990. The van der Waals surface area contributed by atoms with Gasteiger partial charge in [-0.05, 0) is 0 Å². The molecule has 0 aliphatic carbocycles. The minimum atomic E-state index is 0.576. The lowest BCUT2D eigenvalue weighted by molar-refractivity contribution is 0.316. The topological polar surface area (TPSA) is 47.6 Å². The predicted molar refractivity (Wildman–Crippen MR) is 33.7 cm³/mol. The van der Waals surface area contributed by atoms with Crippen LogP contribution in [0.1, 0.15) is 0 Å². The molecule has 0 atom stereocenters. The fourth-order valence-electron chi connectivity index (χ4n) is 0.291. The van der Waals surface area contributed by atoms with Gasteiger partial charge < -0.3 is 10.5 Å². The van der Waals surface area contributed by atoms with E-state index in [9.17, 15) is 0 Å². The van der Waals surface area contributed by atoms with Crippen LogP contribution in [-0.4, -0.2) is 20.4 Å². The van der Waals surface area contributed by atoms with E-state index < -0.39 is 0 Å². The van der Waals surface area contributed by atoms with E-state index in [2.05, 4.69) is 4.99 Å². The average molecular weight is 114 g/mol. The SMILES string of the molecule is C/N=C\C(=C/N)OC. The molecule has 0 spiro atoms. The van der Waals surface area contributed by atoms with Crippen molar-refractivity contribution in [2.75, 3.05) is 14.2 Å². The average Bonchev–Trinajstić information content (AvgIpc) is 1.83. The van der Waals surface area contributed by atoms with Crippen molar-refractivity contribution in [3.63, 3.8) is 0 Å². The molecule has 0 fully saturated rings. The number of allylic oxidation sites excluding steroid dienone is 1. The standard InChI is InChI=1S/C5H10N2O/c1-7-4-5(3-6)8-2/h3-4H,6H2,1-2H3/b5-3+,7-4-. The van der Waals surface area contributed by atoms with Crippen LogP contribution in [0.5, 0.6) is 0 Å². The molecule has 0 aromatic rings. The number of nitrogens with zero attached hydrogens (tertiary/aromatic N) is 1. The highest BCUT2D eigenvalue weighted by molar-refractivity contribution is 5.75. The van der Waals surface area contributed by atoms with Crippen molar-refractivity contribution in [2.45, 2.75) is 0 Å². The highest BCUT2D eigenvalue weighted by Crippen LogP contribution is 1.84. The van der Waals surface area contributed by atoms with Crippen LogP contribution in [-0.2, 0) is 4.74 Å². The Morgan fingerprint density at radius 2 is 2.38 bits per heavy atom. The van der Waals surface area contributed by atoms with Gasteiger partial charge in [-0.25, -0.2) is 0 Å². The third-order valence-electron chi connectivity index (χ3n) is 0.656. The maximum Gasteiger partial charge on any atom is 0.152 e. The summed E-state index contributed by atoms with van der Waals surface area (Å²) in [5.41, 5.74) is 5.09. The zero-order valence-electron chi connectivity index (χ0n) is 5.09. The molecule has 0 aromatic heterocycles. The summed E-state index contributed by atoms with van der Waals surface area (Å²) in [5, 5.41) is 0. The molecule has 8 heavy (non-hydrogen) atoms. The van der Waals surface area contributed by atoms with Crippen LogP contribution in [0, 0.1) is 0 Å². The minimum Gasteiger partial charge on any atom is -0.494 e. The first kappa shape index (κ1) is 7.01. The summed E-state index contributed by atoms with van der Waals surface area (Å²) >= 11 is 0. The molecule has 0 aliphatic heterocycles. The molecule has 0 heterocycles. The third-order valence-corrected chi connectivity index (χ3v) is 0.656. The third kappa shape index (κ3) is 2.23. The Bertz CT molecular complexity index is 104. The second-order valence-electron chi connectivity index (χ2n) is 1.16. The molecule has 0 saturated carbocycles. The highest BCUT2D eigenvalue weighted by atomic mass is 16.5. The van der Waals surface area contributed by atoms with Gasteiger partial charge in [0.2, 0.25) is 0 Å². The molecule has 2 N–H and O–H groups in total. The summed E-state index contributed by atoms with van der Waals surface area (Å²) in [6.45, 7) is 0. The van der Waals surface area contributed by atoms with E-state index in [0.717, 1.165) is 0 Å². The number of aliphatic imine (C=N–C) groups is 1. The largest absolute Gasteiger partial charge is 0.494 e. The van der Waals surface area contributed by atoms with Gasteiger partial charge in [-0.3, -0.25) is 4.99 Å². The van der Waals surface area contributed by atoms with E-state index in [0.29, 0.717) is 5.76 Å². The fraction of sp³-hybridized carbons (Fsp3) is 0.400. The van der Waals surface area contributed by atoms with Gasteiger partial charge >= 0.3 is 0 Å². The molecule has 0 rings (SSSR count). The monoisotopic (exact) mass is 114 g/mol. The van der Waals surface area contributed by atoms with Crippen LogP contribution >= 0.6 is 0 Å². The van der Waals surface area contributed by atoms with E-state index in [1.807, 2.05) is 0 Å². The maximum absolute atomic E-state index is 5.09. The van der Waals surface area contributed by atoms with E-state index in [1.165, 1.54) is 6.20 Å². The van der Waals surface area contributed by atoms with Crippen molar-refractivity contribution >= 4 is 6.21 Å². The van der Waals surface area contributed by atoms with Crippen LogP contribution in [0.2, 0.25) is 0 Å². The predicted octanol–water partition coefficient (Wildman–Crippen LogP) is 0.134. The van der Waals surface area contributed by atoms with Crippen molar-refractivity contribution in [3.05, 3.63) is 12.0 Å². The molecule has 3 nitrogen and oxygen atoms in total. The van der Waals surface area contributed by atoms with Crippen molar-refractivity contribution in [2.24, 2.45) is 10.7 Å². The lowest BCUT2D eigenvalue weighted by Gasteiger charge is -1.93. The second-order valence-corrected chi connectivity index (χ2v) is 1.16. The number of rotatable bonds is 2. The lowest BCUT2D eigenvalue weighted by Crippen LogP contribution is -1.92. The van der Waals surface area contributed by atoms with Crippen LogP contribution in [0.25, 0.3) is 0 Å². The van der Waals surface area contributed by atoms with Gasteiger partial charge in [0.25, 0.3) is 0 Å². The highest BCUT2D eigenvalue weighted by Gasteiger charge is 1.81. The number of methoxy groups -OCH3 is 1. The van der Waals surface area contributed by atoms with Gasteiger partial charge in [0.05, 0.1) is 13.3 Å². The van der Waals surface area contributed by atoms with Crippen molar-refractivity contribution in [1.82, 2.24) is 0 Å². The lowest BCUT2D eigenvalue weighted by atomic mass is 10.6. The summed E-state index contributed by atoms with van der Waals surface area (Å²) in [7, 11) is 3.20. The molecule has 0 unspecified atom stereocenters. The van der Waals surface area contributed by atoms with Gasteiger partial charge in [0.15, 0.2) is 5.76 Å². The summed E-state index contributed by atoms with van der Waals surface area (Å²) in [4.78, 5) is 3.68. The summed E-state index contributed by atoms with van der Waals surface area (Å²) in [5.74, 6) is 0.576. The summed E-state index contributed by atoms with van der Waals surface area (Å²) in [6, 6.07) is 0. The van der Waals surface area contributed by atoms with Crippen LogP contribution < -0.4 is 5.73 Å². The van der Waals surface area contributed by atoms with Gasteiger partial charge in [0, 0.05) is 13.2 Å². The molecular formula is C5H10N2O. The van der Waals surface area contributed by atoms with E-state index in [-0.39, 0.29) is 0 Å². The molecule has 3 heteroatoms. The zero-order chi connectivity index (χ0) is 6.41. The Morgan fingerprint density at radius 1 is 1.75 bits per heavy atom. The smallest absolute Gasteiger partial charge is 0.152 e. The first-order valence-corrected chi connectivity index (χ1v) is 2.23. The zero-order valence-corrected chi connectivity index (χ0v) is 5.09. The van der Waals surface area contributed by atoms with Gasteiger partial charge in [-0.1, -0.05) is 0 Å². The molecule has 46 valence electrons. The Labute approximate surface area is 48.9 Å². The first-order valence-electron chi connectivity index (χ1n) is 2.23. The number of nitrogens with two attached hydrogens (primary N) is 1. The molecule has 0 aliphatic rings. The van der Waals surface area contributed by atoms with Crippen LogP contribution in [0.4, 0.5) is 0 Å². The van der Waals surface area contributed by atoms with Gasteiger partial charge in [-0.2, -0.15) is 0 Å². The Balaban J connectivity index is 3.72. The van der Waals surface area contributed by atoms with Gasteiger partial charge in [0.1, 0.15) is 0 Å². The first-order chi connectivity index (χ1) is 3.85. The van der Waals surface area contributed by atoms with E-state index >= 15 is 0 Å². The van der Waals surface area contributed by atoms with E-state index in [1.54, 1.807) is 20.4 Å². The minimum absolute atomic E-state index is 0.576. The number of hydrogen-bond acceptors (Lipinski definition) is 3. The van der Waals surface area contributed by atoms with E-state index in [4.69, 9.17) is 10.5 Å². The summed E-state index contributed by atoms with van der Waals surface area (Å²) in [6.07, 6.45) is 2.90. The van der Waals surface area contributed by atoms with Crippen molar-refractivity contribution in [1.29, 1.82) is 0 Å². The second kappa shape index (κ2) is 4.18. The molecule has 0 aromatic carbocycles. The molecule has 0 saturated heterocycles. The summed E-state index contributed by atoms with van der Waals surface area (Å²) < 4.78 is 4.73. The Kier molecular flexibility index (Phi) is 3.66. The van der Waals surface area contributed by atoms with Crippen molar-refractivity contribution in [3.8, 4) is 0 Å². The number of hydrogen-bond donors (Lipinski definition) is 1. The maximum atomic E-state index is 5.09. The molecular weight excluding hydrogens is 104 g/mol. The molecule has 0 amide bonds. The van der Waals surface area contributed by atoms with Gasteiger partial charge in [-0.15, -0.1) is 0 Å².